The Morgan fingerprint density at radius 2 is 2.03 bits per heavy atom. The number of aromatic nitrogens is 1. The molecule has 0 saturated heterocycles. The van der Waals surface area contributed by atoms with E-state index in [1.54, 1.807) is 43.2 Å². The summed E-state index contributed by atoms with van der Waals surface area (Å²) in [6, 6.07) is 14.4. The highest BCUT2D eigenvalue weighted by molar-refractivity contribution is 7.11. The van der Waals surface area contributed by atoms with Gasteiger partial charge < -0.3 is 19.5 Å². The highest BCUT2D eigenvalue weighted by atomic mass is 32.1. The van der Waals surface area contributed by atoms with Crippen molar-refractivity contribution in [3.05, 3.63) is 70.2 Å². The molecule has 8 heteroatoms. The van der Waals surface area contributed by atoms with Gasteiger partial charge in [0, 0.05) is 16.6 Å². The van der Waals surface area contributed by atoms with Crippen LogP contribution in [-0.2, 0) is 4.74 Å². The Morgan fingerprint density at radius 3 is 2.74 bits per heavy atom. The van der Waals surface area contributed by atoms with E-state index in [1.165, 1.54) is 11.3 Å². The van der Waals surface area contributed by atoms with Crippen molar-refractivity contribution in [3.63, 3.8) is 0 Å². The fourth-order valence-corrected chi connectivity index (χ4v) is 4.22. The molecule has 7 nitrogen and oxygen atoms in total. The van der Waals surface area contributed by atoms with Crippen LogP contribution in [0.2, 0.25) is 0 Å². The van der Waals surface area contributed by atoms with E-state index in [0.717, 1.165) is 17.0 Å². The Labute approximate surface area is 183 Å². The van der Waals surface area contributed by atoms with Crippen LogP contribution in [0, 0.1) is 5.41 Å². The van der Waals surface area contributed by atoms with Gasteiger partial charge in [-0.15, -0.1) is 11.3 Å². The molecule has 2 aromatic carbocycles. The number of hydrogen-bond donors (Lipinski definition) is 2. The lowest BCUT2D eigenvalue weighted by Crippen LogP contribution is -2.26. The van der Waals surface area contributed by atoms with Gasteiger partial charge in [-0.05, 0) is 49.4 Å². The van der Waals surface area contributed by atoms with Crippen LogP contribution in [0.5, 0.6) is 5.75 Å². The smallest absolute Gasteiger partial charge is 0.338 e. The zero-order valence-corrected chi connectivity index (χ0v) is 17.9. The molecule has 0 bridgehead atoms. The molecule has 0 fully saturated rings. The van der Waals surface area contributed by atoms with Gasteiger partial charge in [0.1, 0.15) is 22.4 Å². The van der Waals surface area contributed by atoms with E-state index in [1.807, 2.05) is 29.6 Å². The van der Waals surface area contributed by atoms with E-state index in [0.29, 0.717) is 21.8 Å². The third kappa shape index (κ3) is 4.02. The maximum absolute atomic E-state index is 12.1. The van der Waals surface area contributed by atoms with Crippen LogP contribution in [0.3, 0.4) is 0 Å². The number of nitrogens with zero attached hydrogens (tertiary/aromatic N) is 2. The van der Waals surface area contributed by atoms with E-state index >= 15 is 0 Å². The molecule has 0 atom stereocenters. The molecule has 0 radical (unpaired) electrons. The number of ether oxygens (including phenoxy) is 2. The van der Waals surface area contributed by atoms with Gasteiger partial charge in [-0.2, -0.15) is 0 Å². The van der Waals surface area contributed by atoms with Gasteiger partial charge >= 0.3 is 5.97 Å². The molecule has 1 aromatic heterocycles. The first-order valence-electron chi connectivity index (χ1n) is 9.68. The minimum absolute atomic E-state index is 0.0715. The van der Waals surface area contributed by atoms with Crippen molar-refractivity contribution in [2.24, 2.45) is 0 Å². The van der Waals surface area contributed by atoms with E-state index in [9.17, 15) is 9.90 Å². The molecular weight excluding hydrogens is 414 g/mol. The zero-order valence-electron chi connectivity index (χ0n) is 17.1. The summed E-state index contributed by atoms with van der Waals surface area (Å²) in [5, 5.41) is 21.7. The molecule has 31 heavy (non-hydrogen) atoms. The molecule has 1 aliphatic heterocycles. The third-order valence-corrected chi connectivity index (χ3v) is 5.74. The van der Waals surface area contributed by atoms with Crippen molar-refractivity contribution < 1.29 is 19.4 Å². The lowest BCUT2D eigenvalue weighted by Gasteiger charge is -2.19. The SMILES string of the molecule is CCOC(=O)c1cccc(N2CC(O)=C(c3nc(-c4ccc(OC)cc4)cs3)C2=N)c1. The molecule has 0 saturated carbocycles. The number of thiazole rings is 1. The molecule has 0 amide bonds. The average Bonchev–Trinajstić information content (AvgIpc) is 3.38. The summed E-state index contributed by atoms with van der Waals surface area (Å²) in [5.41, 5.74) is 3.11. The van der Waals surface area contributed by atoms with E-state index in [2.05, 4.69) is 4.98 Å². The van der Waals surface area contributed by atoms with Crippen molar-refractivity contribution >= 4 is 34.4 Å². The molecule has 0 unspecified atom stereocenters. The number of carbonyl (C=O) groups is 1. The largest absolute Gasteiger partial charge is 0.510 e. The maximum atomic E-state index is 12.1. The lowest BCUT2D eigenvalue weighted by atomic mass is 10.1. The van der Waals surface area contributed by atoms with E-state index < -0.39 is 5.97 Å². The Morgan fingerprint density at radius 1 is 1.26 bits per heavy atom. The summed E-state index contributed by atoms with van der Waals surface area (Å²) in [7, 11) is 1.62. The van der Waals surface area contributed by atoms with Crippen molar-refractivity contribution in [3.8, 4) is 17.0 Å². The number of hydrogen-bond acceptors (Lipinski definition) is 7. The first-order chi connectivity index (χ1) is 15.0. The van der Waals surface area contributed by atoms with Gasteiger partial charge in [-0.25, -0.2) is 9.78 Å². The van der Waals surface area contributed by atoms with Crippen LogP contribution < -0.4 is 9.64 Å². The molecule has 2 heterocycles. The molecule has 4 rings (SSSR count). The number of esters is 1. The topological polar surface area (TPSA) is 95.7 Å². The number of amidine groups is 1. The summed E-state index contributed by atoms with van der Waals surface area (Å²) in [6.45, 7) is 2.17. The van der Waals surface area contributed by atoms with Gasteiger partial charge in [-0.3, -0.25) is 5.41 Å². The maximum Gasteiger partial charge on any atom is 0.338 e. The minimum Gasteiger partial charge on any atom is -0.510 e. The van der Waals surface area contributed by atoms with Crippen molar-refractivity contribution in [1.29, 1.82) is 5.41 Å². The van der Waals surface area contributed by atoms with Crippen LogP contribution in [0.25, 0.3) is 16.8 Å². The molecule has 3 aromatic rings. The van der Waals surface area contributed by atoms with Crippen LogP contribution in [0.1, 0.15) is 22.3 Å². The van der Waals surface area contributed by atoms with Gasteiger partial charge in [0.05, 0.1) is 37.1 Å². The highest BCUT2D eigenvalue weighted by Crippen LogP contribution is 2.35. The van der Waals surface area contributed by atoms with Gasteiger partial charge in [0.25, 0.3) is 0 Å². The number of nitrogens with one attached hydrogen (secondary N) is 1. The number of aliphatic hydroxyl groups is 1. The Balaban J connectivity index is 1.58. The quantitative estimate of drug-likeness (QED) is 0.542. The molecule has 158 valence electrons. The third-order valence-electron chi connectivity index (χ3n) is 4.88. The van der Waals surface area contributed by atoms with Crippen molar-refractivity contribution in [2.45, 2.75) is 6.92 Å². The number of anilines is 1. The second-order valence-electron chi connectivity index (χ2n) is 6.79. The van der Waals surface area contributed by atoms with Gasteiger partial charge in [0.15, 0.2) is 0 Å². The number of aliphatic hydroxyl groups excluding tert-OH is 1. The Hall–Kier alpha value is -3.65. The monoisotopic (exact) mass is 435 g/mol. The first kappa shape index (κ1) is 20.6. The minimum atomic E-state index is -0.420. The van der Waals surface area contributed by atoms with Gasteiger partial charge in [0.2, 0.25) is 0 Å². The predicted molar refractivity (Wildman–Crippen MR) is 121 cm³/mol. The summed E-state index contributed by atoms with van der Waals surface area (Å²) < 4.78 is 10.2. The number of carbonyl (C=O) groups excluding carboxylic acids is 1. The molecule has 2 N–H and O–H groups in total. The van der Waals surface area contributed by atoms with Crippen molar-refractivity contribution in [2.75, 3.05) is 25.2 Å². The van der Waals surface area contributed by atoms with Crippen LogP contribution in [0.4, 0.5) is 5.69 Å². The Bertz CT molecular complexity index is 1170. The second-order valence-corrected chi connectivity index (χ2v) is 7.65. The summed E-state index contributed by atoms with van der Waals surface area (Å²) in [6.07, 6.45) is 0. The number of methoxy groups -OCH3 is 1. The number of benzene rings is 2. The standard InChI is InChI=1S/C23H21N3O4S/c1-3-30-23(28)15-5-4-6-16(11-15)26-12-19(27)20(21(26)24)22-25-18(13-31-22)14-7-9-17(29-2)10-8-14/h4-11,13,24,27H,3,12H2,1-2H3. The summed E-state index contributed by atoms with van der Waals surface area (Å²) in [4.78, 5) is 18.3. The van der Waals surface area contributed by atoms with E-state index in [4.69, 9.17) is 14.9 Å². The fraction of sp³-hybridized carbons (Fsp3) is 0.174. The number of rotatable bonds is 6. The first-order valence-corrected chi connectivity index (χ1v) is 10.6. The summed E-state index contributed by atoms with van der Waals surface area (Å²) in [5.74, 6) is 0.547. The zero-order chi connectivity index (χ0) is 22.0. The lowest BCUT2D eigenvalue weighted by molar-refractivity contribution is 0.0526. The summed E-state index contributed by atoms with van der Waals surface area (Å²) >= 11 is 1.37. The Kier molecular flexibility index (Phi) is 5.73. The fourth-order valence-electron chi connectivity index (χ4n) is 3.32. The van der Waals surface area contributed by atoms with Crippen molar-refractivity contribution in [1.82, 2.24) is 4.98 Å². The van der Waals surface area contributed by atoms with E-state index in [-0.39, 0.29) is 24.7 Å². The molecule has 0 aliphatic carbocycles. The molecule has 0 spiro atoms. The highest BCUT2D eigenvalue weighted by Gasteiger charge is 2.31. The normalized spacial score (nSPS) is 13.6. The predicted octanol–water partition coefficient (Wildman–Crippen LogP) is 4.76. The molecule has 1 aliphatic rings. The van der Waals surface area contributed by atoms with Crippen LogP contribution in [-0.4, -0.2) is 42.2 Å². The second kappa shape index (κ2) is 8.61. The molecular formula is C23H21N3O4S. The van der Waals surface area contributed by atoms with Gasteiger partial charge in [-0.1, -0.05) is 6.07 Å². The average molecular weight is 436 g/mol. The van der Waals surface area contributed by atoms with Crippen LogP contribution in [0.15, 0.2) is 59.7 Å². The van der Waals surface area contributed by atoms with Crippen LogP contribution >= 0.6 is 11.3 Å².